The van der Waals surface area contributed by atoms with Crippen LogP contribution in [0.3, 0.4) is 0 Å². The van der Waals surface area contributed by atoms with Crippen molar-refractivity contribution in [3.8, 4) is 0 Å². The van der Waals surface area contributed by atoms with E-state index in [9.17, 15) is 26.4 Å². The number of hydrogen-bond acceptors (Lipinski definition) is 3. The maximum Gasteiger partial charge on any atom is 0.416 e. The number of aryl methyl sites for hydroxylation is 1. The van der Waals surface area contributed by atoms with Gasteiger partial charge in [-0.15, -0.1) is 0 Å². The van der Waals surface area contributed by atoms with Gasteiger partial charge in [0.05, 0.1) is 17.0 Å². The van der Waals surface area contributed by atoms with Crippen molar-refractivity contribution in [3.05, 3.63) is 101 Å². The van der Waals surface area contributed by atoms with Crippen molar-refractivity contribution in [1.82, 2.24) is 14.2 Å². The fourth-order valence-corrected chi connectivity index (χ4v) is 6.18. The smallest absolute Gasteiger partial charge is 0.361 e. The summed E-state index contributed by atoms with van der Waals surface area (Å²) in [6.45, 7) is 5.23. The van der Waals surface area contributed by atoms with Crippen LogP contribution < -0.4 is 0 Å². The standard InChI is InChI=1S/C30H32F3N3O3S/c1-21(2)36(40(38,39)26-8-6-7-25(17-26)30(31,32)33)20-29(37)35(19-23-13-11-22(3)12-14-23)16-15-24-18-34-28-10-5-4-9-27(24)28/h4-14,17-18,21,34H,15-16,19-20H2,1-3H3. The molecule has 40 heavy (non-hydrogen) atoms. The average Bonchev–Trinajstić information content (AvgIpc) is 3.33. The second-order valence-corrected chi connectivity index (χ2v) is 12.0. The van der Waals surface area contributed by atoms with Gasteiger partial charge in [0.2, 0.25) is 15.9 Å². The third kappa shape index (κ3) is 6.74. The van der Waals surface area contributed by atoms with Gasteiger partial charge in [-0.1, -0.05) is 54.1 Å². The molecule has 4 aromatic rings. The quantitative estimate of drug-likeness (QED) is 0.248. The molecule has 0 unspecified atom stereocenters. The largest absolute Gasteiger partial charge is 0.416 e. The van der Waals surface area contributed by atoms with E-state index in [2.05, 4.69) is 4.98 Å². The second kappa shape index (κ2) is 11.9. The van der Waals surface area contributed by atoms with Crippen LogP contribution in [0, 0.1) is 6.92 Å². The number of fused-ring (bicyclic) bond motifs is 1. The zero-order chi connectivity index (χ0) is 29.1. The number of nitrogens with zero attached hydrogens (tertiary/aromatic N) is 2. The number of benzene rings is 3. The monoisotopic (exact) mass is 571 g/mol. The van der Waals surface area contributed by atoms with Crippen LogP contribution in [0.5, 0.6) is 0 Å². The van der Waals surface area contributed by atoms with Crippen LogP contribution in [-0.4, -0.2) is 47.6 Å². The Morgan fingerprint density at radius 1 is 0.975 bits per heavy atom. The summed E-state index contributed by atoms with van der Waals surface area (Å²) in [7, 11) is -4.40. The number of halogens is 3. The molecule has 0 saturated carbocycles. The third-order valence-corrected chi connectivity index (χ3v) is 8.83. The lowest BCUT2D eigenvalue weighted by Gasteiger charge is -2.29. The fourth-order valence-electron chi connectivity index (χ4n) is 4.55. The lowest BCUT2D eigenvalue weighted by molar-refractivity contribution is -0.137. The SMILES string of the molecule is Cc1ccc(CN(CCc2c[nH]c3ccccc23)C(=O)CN(C(C)C)S(=O)(=O)c2cccc(C(F)(F)F)c2)cc1. The number of aromatic nitrogens is 1. The Kier molecular flexibility index (Phi) is 8.70. The number of aromatic amines is 1. The topological polar surface area (TPSA) is 73.5 Å². The van der Waals surface area contributed by atoms with E-state index in [1.54, 1.807) is 18.7 Å². The molecule has 0 fully saturated rings. The average molecular weight is 572 g/mol. The van der Waals surface area contributed by atoms with E-state index in [1.807, 2.05) is 61.7 Å². The number of carbonyl (C=O) groups excluding carboxylic acids is 1. The van der Waals surface area contributed by atoms with Crippen molar-refractivity contribution in [2.75, 3.05) is 13.1 Å². The van der Waals surface area contributed by atoms with Crippen molar-refractivity contribution >= 4 is 26.8 Å². The molecular weight excluding hydrogens is 539 g/mol. The van der Waals surface area contributed by atoms with Crippen molar-refractivity contribution in [2.45, 2.75) is 50.9 Å². The van der Waals surface area contributed by atoms with Crippen LogP contribution in [0.4, 0.5) is 13.2 Å². The molecule has 212 valence electrons. The predicted octanol–water partition coefficient (Wildman–Crippen LogP) is 6.17. The highest BCUT2D eigenvalue weighted by molar-refractivity contribution is 7.89. The van der Waals surface area contributed by atoms with Gasteiger partial charge in [0.25, 0.3) is 0 Å². The van der Waals surface area contributed by atoms with E-state index in [1.165, 1.54) is 0 Å². The number of sulfonamides is 1. The van der Waals surface area contributed by atoms with Crippen LogP contribution in [0.2, 0.25) is 0 Å². The normalized spacial score (nSPS) is 12.4. The fraction of sp³-hybridized carbons (Fsp3) is 0.300. The van der Waals surface area contributed by atoms with Crippen LogP contribution in [0.1, 0.15) is 36.1 Å². The molecule has 0 aliphatic rings. The lowest BCUT2D eigenvalue weighted by atomic mass is 10.1. The van der Waals surface area contributed by atoms with Crippen LogP contribution in [0.25, 0.3) is 10.9 Å². The molecule has 1 N–H and O–H groups in total. The molecule has 1 amide bonds. The summed E-state index contributed by atoms with van der Waals surface area (Å²) in [6, 6.07) is 18.5. The van der Waals surface area contributed by atoms with Crippen LogP contribution in [-0.2, 0) is 34.0 Å². The van der Waals surface area contributed by atoms with Crippen molar-refractivity contribution in [2.24, 2.45) is 0 Å². The first kappa shape index (κ1) is 29.4. The molecule has 1 heterocycles. The first-order valence-electron chi connectivity index (χ1n) is 12.9. The predicted molar refractivity (Wildman–Crippen MR) is 149 cm³/mol. The lowest BCUT2D eigenvalue weighted by Crippen LogP contribution is -2.46. The Labute approximate surface area is 232 Å². The second-order valence-electron chi connectivity index (χ2n) is 10.1. The van der Waals surface area contributed by atoms with Gasteiger partial charge in [0, 0.05) is 36.2 Å². The van der Waals surface area contributed by atoms with Crippen molar-refractivity contribution < 1.29 is 26.4 Å². The van der Waals surface area contributed by atoms with Crippen LogP contribution >= 0.6 is 0 Å². The molecule has 0 aliphatic heterocycles. The number of carbonyl (C=O) groups is 1. The molecule has 4 rings (SSSR count). The number of rotatable bonds is 10. The Morgan fingerprint density at radius 2 is 1.68 bits per heavy atom. The number of para-hydroxylation sites is 1. The van der Waals surface area contributed by atoms with Gasteiger partial charge in [0.15, 0.2) is 0 Å². The van der Waals surface area contributed by atoms with E-state index in [0.29, 0.717) is 19.0 Å². The number of nitrogens with one attached hydrogen (secondary N) is 1. The number of alkyl halides is 3. The molecule has 10 heteroatoms. The molecule has 0 saturated heterocycles. The highest BCUT2D eigenvalue weighted by Crippen LogP contribution is 2.31. The molecule has 6 nitrogen and oxygen atoms in total. The van der Waals surface area contributed by atoms with Gasteiger partial charge >= 0.3 is 6.18 Å². The zero-order valence-corrected chi connectivity index (χ0v) is 23.4. The molecule has 1 aromatic heterocycles. The first-order chi connectivity index (χ1) is 18.9. The minimum atomic E-state index is -4.70. The van der Waals surface area contributed by atoms with E-state index in [-0.39, 0.29) is 6.54 Å². The van der Waals surface area contributed by atoms with Crippen molar-refractivity contribution in [1.29, 1.82) is 0 Å². The minimum absolute atomic E-state index is 0.261. The maximum atomic E-state index is 13.7. The molecule has 0 radical (unpaired) electrons. The van der Waals surface area contributed by atoms with E-state index in [4.69, 9.17) is 0 Å². The molecule has 0 bridgehead atoms. The van der Waals surface area contributed by atoms with E-state index >= 15 is 0 Å². The Morgan fingerprint density at radius 3 is 2.35 bits per heavy atom. The van der Waals surface area contributed by atoms with Gasteiger partial charge in [-0.05, 0) is 62.6 Å². The summed E-state index contributed by atoms with van der Waals surface area (Å²) in [5, 5.41) is 1.04. The molecule has 0 atom stereocenters. The number of amides is 1. The summed E-state index contributed by atoms with van der Waals surface area (Å²) >= 11 is 0. The molecule has 0 aliphatic carbocycles. The van der Waals surface area contributed by atoms with Gasteiger partial charge in [0.1, 0.15) is 0 Å². The summed E-state index contributed by atoms with van der Waals surface area (Å²) in [5.74, 6) is -0.440. The summed E-state index contributed by atoms with van der Waals surface area (Å²) in [6.07, 6.45) is -2.27. The summed E-state index contributed by atoms with van der Waals surface area (Å²) in [5.41, 5.74) is 2.89. The third-order valence-electron chi connectivity index (χ3n) is 6.81. The molecular formula is C30H32F3N3O3S. The Hall–Kier alpha value is -3.63. The van der Waals surface area contributed by atoms with E-state index in [0.717, 1.165) is 50.1 Å². The minimum Gasteiger partial charge on any atom is -0.361 e. The van der Waals surface area contributed by atoms with Gasteiger partial charge in [-0.25, -0.2) is 8.42 Å². The van der Waals surface area contributed by atoms with Gasteiger partial charge < -0.3 is 9.88 Å². The van der Waals surface area contributed by atoms with Gasteiger partial charge in [-0.3, -0.25) is 4.79 Å². The highest BCUT2D eigenvalue weighted by atomic mass is 32.2. The Balaban J connectivity index is 1.60. The number of hydrogen-bond donors (Lipinski definition) is 1. The number of H-pyrrole nitrogens is 1. The summed E-state index contributed by atoms with van der Waals surface area (Å²) < 4.78 is 67.8. The first-order valence-corrected chi connectivity index (χ1v) is 14.4. The van der Waals surface area contributed by atoms with Gasteiger partial charge in [-0.2, -0.15) is 17.5 Å². The Bertz CT molecular complexity index is 1580. The maximum absolute atomic E-state index is 13.7. The van der Waals surface area contributed by atoms with Crippen molar-refractivity contribution in [3.63, 3.8) is 0 Å². The zero-order valence-electron chi connectivity index (χ0n) is 22.6. The summed E-state index contributed by atoms with van der Waals surface area (Å²) in [4.78, 5) is 18.0. The molecule has 0 spiro atoms. The molecule has 3 aromatic carbocycles. The van der Waals surface area contributed by atoms with Crippen LogP contribution in [0.15, 0.2) is 83.9 Å². The van der Waals surface area contributed by atoms with E-state index < -0.39 is 45.2 Å². The highest BCUT2D eigenvalue weighted by Gasteiger charge is 2.35.